The number of anilines is 1. The maximum absolute atomic E-state index is 12.2. The number of hydrogen-bond acceptors (Lipinski definition) is 5. The molecule has 0 aliphatic heterocycles. The lowest BCUT2D eigenvalue weighted by Gasteiger charge is -2.08. The molecule has 0 aliphatic carbocycles. The van der Waals surface area contributed by atoms with Crippen LogP contribution in [0.15, 0.2) is 35.6 Å². The van der Waals surface area contributed by atoms with Gasteiger partial charge in [-0.3, -0.25) is 4.79 Å². The molecule has 20 heavy (non-hydrogen) atoms. The third-order valence-corrected chi connectivity index (χ3v) is 3.27. The molecule has 0 saturated carbocycles. The molecule has 1 aromatic carbocycles. The molecule has 5 nitrogen and oxygen atoms in total. The number of aryl methyl sites for hydroxylation is 1. The van der Waals surface area contributed by atoms with Gasteiger partial charge in [0.05, 0.1) is 18.4 Å². The number of thioether (sulfide) groups is 1. The Labute approximate surface area is 121 Å². The van der Waals surface area contributed by atoms with Gasteiger partial charge in [0, 0.05) is 18.0 Å². The molecule has 6 heteroatoms. The minimum absolute atomic E-state index is 0.233. The monoisotopic (exact) mass is 289 g/mol. The van der Waals surface area contributed by atoms with Crippen molar-refractivity contribution in [2.75, 3.05) is 18.7 Å². The second-order valence-corrected chi connectivity index (χ2v) is 4.82. The molecular formula is C14H15N3O2S. The van der Waals surface area contributed by atoms with Crippen LogP contribution in [0.2, 0.25) is 0 Å². The van der Waals surface area contributed by atoms with Crippen LogP contribution in [0.5, 0.6) is 5.75 Å². The molecule has 0 saturated heterocycles. The van der Waals surface area contributed by atoms with Gasteiger partial charge >= 0.3 is 0 Å². The van der Waals surface area contributed by atoms with E-state index < -0.39 is 0 Å². The number of nitrogens with one attached hydrogen (secondary N) is 1. The number of benzene rings is 1. The molecule has 1 amide bonds. The fourth-order valence-electron chi connectivity index (χ4n) is 1.67. The molecule has 0 bridgehead atoms. The van der Waals surface area contributed by atoms with Gasteiger partial charge in [-0.25, -0.2) is 9.97 Å². The molecule has 104 valence electrons. The summed E-state index contributed by atoms with van der Waals surface area (Å²) in [7, 11) is 1.58. The number of amides is 1. The van der Waals surface area contributed by atoms with Crippen LogP contribution in [0.3, 0.4) is 0 Å². The second-order valence-electron chi connectivity index (χ2n) is 4.04. The summed E-state index contributed by atoms with van der Waals surface area (Å²) < 4.78 is 5.12. The lowest BCUT2D eigenvalue weighted by atomic mass is 10.2. The Kier molecular flexibility index (Phi) is 4.57. The maximum atomic E-state index is 12.2. The van der Waals surface area contributed by atoms with Crippen LogP contribution in [0.25, 0.3) is 0 Å². The fraction of sp³-hybridized carbons (Fsp3) is 0.214. The third-order valence-electron chi connectivity index (χ3n) is 2.71. The topological polar surface area (TPSA) is 64.1 Å². The van der Waals surface area contributed by atoms with E-state index in [4.69, 9.17) is 4.74 Å². The van der Waals surface area contributed by atoms with Crippen molar-refractivity contribution in [2.24, 2.45) is 0 Å². The quantitative estimate of drug-likeness (QED) is 0.692. The number of ether oxygens (including phenoxy) is 1. The number of hydrogen-bond donors (Lipinski definition) is 1. The van der Waals surface area contributed by atoms with Crippen molar-refractivity contribution >= 4 is 23.4 Å². The molecule has 1 heterocycles. The number of carbonyl (C=O) groups is 1. The smallest absolute Gasteiger partial charge is 0.259 e. The summed E-state index contributed by atoms with van der Waals surface area (Å²) in [5.41, 5.74) is 1.79. The lowest BCUT2D eigenvalue weighted by molar-refractivity contribution is 0.102. The minimum atomic E-state index is -0.233. The largest absolute Gasteiger partial charge is 0.497 e. The zero-order valence-corrected chi connectivity index (χ0v) is 12.3. The first-order valence-electron chi connectivity index (χ1n) is 5.97. The Morgan fingerprint density at radius 2 is 2.20 bits per heavy atom. The Bertz CT molecular complexity index is 632. The van der Waals surface area contributed by atoms with Crippen molar-refractivity contribution in [1.82, 2.24) is 9.97 Å². The van der Waals surface area contributed by atoms with Crippen LogP contribution in [-0.4, -0.2) is 29.2 Å². The minimum Gasteiger partial charge on any atom is -0.497 e. The number of carbonyl (C=O) groups excluding carboxylic acids is 1. The zero-order valence-electron chi connectivity index (χ0n) is 11.5. The first kappa shape index (κ1) is 14.3. The van der Waals surface area contributed by atoms with E-state index in [2.05, 4.69) is 15.3 Å². The average molecular weight is 289 g/mol. The highest BCUT2D eigenvalue weighted by Gasteiger charge is 2.12. The summed E-state index contributed by atoms with van der Waals surface area (Å²) in [6.45, 7) is 1.79. The van der Waals surface area contributed by atoms with E-state index in [0.29, 0.717) is 27.9 Å². The van der Waals surface area contributed by atoms with Crippen molar-refractivity contribution in [3.63, 3.8) is 0 Å². The number of aromatic nitrogens is 2. The number of rotatable bonds is 4. The highest BCUT2D eigenvalue weighted by molar-refractivity contribution is 7.98. The molecule has 0 spiro atoms. The first-order valence-corrected chi connectivity index (χ1v) is 7.19. The van der Waals surface area contributed by atoms with E-state index in [-0.39, 0.29) is 5.91 Å². The molecule has 0 radical (unpaired) electrons. The van der Waals surface area contributed by atoms with E-state index >= 15 is 0 Å². The van der Waals surface area contributed by atoms with Crippen LogP contribution >= 0.6 is 11.8 Å². The van der Waals surface area contributed by atoms with Gasteiger partial charge in [-0.05, 0) is 25.3 Å². The summed E-state index contributed by atoms with van der Waals surface area (Å²) in [5, 5.41) is 3.46. The first-order chi connectivity index (χ1) is 9.63. The van der Waals surface area contributed by atoms with Gasteiger partial charge in [-0.1, -0.05) is 17.8 Å². The molecule has 0 unspecified atom stereocenters. The van der Waals surface area contributed by atoms with Crippen LogP contribution < -0.4 is 10.1 Å². The van der Waals surface area contributed by atoms with Crippen LogP contribution in [0.1, 0.15) is 16.1 Å². The molecule has 1 N–H and O–H groups in total. The van der Waals surface area contributed by atoms with Crippen LogP contribution in [0.4, 0.5) is 5.69 Å². The predicted octanol–water partition coefficient (Wildman–Crippen LogP) is 2.77. The van der Waals surface area contributed by atoms with Gasteiger partial charge in [-0.2, -0.15) is 0 Å². The standard InChI is InChI=1S/C14H15N3O2S/c1-9-12(8-15-14(16-9)20-3)13(18)17-10-5-4-6-11(7-10)19-2/h4-8H,1-3H3,(H,17,18). The Morgan fingerprint density at radius 1 is 1.40 bits per heavy atom. The van der Waals surface area contributed by atoms with Gasteiger partial charge in [0.2, 0.25) is 0 Å². The van der Waals surface area contributed by atoms with Crippen molar-refractivity contribution < 1.29 is 9.53 Å². The molecule has 0 aliphatic rings. The van der Waals surface area contributed by atoms with E-state index in [0.717, 1.165) is 0 Å². The van der Waals surface area contributed by atoms with Gasteiger partial charge in [0.1, 0.15) is 5.75 Å². The highest BCUT2D eigenvalue weighted by Crippen LogP contribution is 2.18. The molecular weight excluding hydrogens is 274 g/mol. The Balaban J connectivity index is 2.19. The maximum Gasteiger partial charge on any atom is 0.259 e. The van der Waals surface area contributed by atoms with Crippen LogP contribution in [0, 0.1) is 6.92 Å². The predicted molar refractivity (Wildman–Crippen MR) is 79.5 cm³/mol. The summed E-state index contributed by atoms with van der Waals surface area (Å²) in [5.74, 6) is 0.455. The highest BCUT2D eigenvalue weighted by atomic mass is 32.2. The normalized spacial score (nSPS) is 10.2. The molecule has 2 rings (SSSR count). The summed E-state index contributed by atoms with van der Waals surface area (Å²) >= 11 is 1.44. The SMILES string of the molecule is COc1cccc(NC(=O)c2cnc(SC)nc2C)c1. The zero-order chi connectivity index (χ0) is 14.5. The van der Waals surface area contributed by atoms with Crippen molar-refractivity contribution in [2.45, 2.75) is 12.1 Å². The van der Waals surface area contributed by atoms with E-state index in [9.17, 15) is 4.79 Å². The summed E-state index contributed by atoms with van der Waals surface area (Å²) in [4.78, 5) is 20.6. The number of methoxy groups -OCH3 is 1. The van der Waals surface area contributed by atoms with Crippen LogP contribution in [-0.2, 0) is 0 Å². The van der Waals surface area contributed by atoms with E-state index in [1.165, 1.54) is 11.8 Å². The fourth-order valence-corrected chi connectivity index (χ4v) is 2.05. The molecule has 0 fully saturated rings. The van der Waals surface area contributed by atoms with Gasteiger partial charge in [0.25, 0.3) is 5.91 Å². The second kappa shape index (κ2) is 6.38. The van der Waals surface area contributed by atoms with Crippen molar-refractivity contribution in [3.05, 3.63) is 41.7 Å². The summed E-state index contributed by atoms with van der Waals surface area (Å²) in [6, 6.07) is 7.18. The number of nitrogens with zero attached hydrogens (tertiary/aromatic N) is 2. The van der Waals surface area contributed by atoms with Crippen molar-refractivity contribution in [1.29, 1.82) is 0 Å². The lowest BCUT2D eigenvalue weighted by Crippen LogP contribution is -2.15. The van der Waals surface area contributed by atoms with Gasteiger partial charge in [-0.15, -0.1) is 0 Å². The molecule has 2 aromatic rings. The summed E-state index contributed by atoms with van der Waals surface area (Å²) in [6.07, 6.45) is 3.44. The van der Waals surface area contributed by atoms with Gasteiger partial charge < -0.3 is 10.1 Å². The average Bonchev–Trinajstić information content (AvgIpc) is 2.47. The third kappa shape index (κ3) is 3.27. The van der Waals surface area contributed by atoms with Crippen molar-refractivity contribution in [3.8, 4) is 5.75 Å². The van der Waals surface area contributed by atoms with E-state index in [1.54, 1.807) is 32.4 Å². The molecule has 0 atom stereocenters. The Morgan fingerprint density at radius 3 is 2.85 bits per heavy atom. The van der Waals surface area contributed by atoms with E-state index in [1.807, 2.05) is 18.4 Å². The van der Waals surface area contributed by atoms with Gasteiger partial charge in [0.15, 0.2) is 5.16 Å². The molecule has 1 aromatic heterocycles. The Hall–Kier alpha value is -2.08.